The summed E-state index contributed by atoms with van der Waals surface area (Å²) in [4.78, 5) is 2.16. The maximum atomic E-state index is 12.5. The first-order valence-electron chi connectivity index (χ1n) is 7.16. The van der Waals surface area contributed by atoms with Crippen molar-refractivity contribution in [3.63, 3.8) is 0 Å². The highest BCUT2D eigenvalue weighted by Gasteiger charge is 2.30. The predicted octanol–water partition coefficient (Wildman–Crippen LogP) is 3.54. The van der Waals surface area contributed by atoms with Crippen LogP contribution in [0.15, 0.2) is 24.3 Å². The van der Waals surface area contributed by atoms with Crippen molar-refractivity contribution in [1.82, 2.24) is 4.90 Å². The van der Waals surface area contributed by atoms with Crippen LogP contribution in [0, 0.1) is 0 Å². The summed E-state index contributed by atoms with van der Waals surface area (Å²) < 4.78 is 48.8. The van der Waals surface area contributed by atoms with Gasteiger partial charge in [0.25, 0.3) is 0 Å². The molecule has 0 bridgehead atoms. The Hall–Kier alpha value is -1.27. The Bertz CT molecular complexity index is 428. The predicted molar refractivity (Wildman–Crippen MR) is 73.2 cm³/mol. The largest absolute Gasteiger partial charge is 0.473 e. The fourth-order valence-electron chi connectivity index (χ4n) is 2.34. The molecule has 21 heavy (non-hydrogen) atoms. The van der Waals surface area contributed by atoms with Gasteiger partial charge in [-0.1, -0.05) is 0 Å². The number of alkyl halides is 3. The first-order chi connectivity index (χ1) is 10.0. The van der Waals surface area contributed by atoms with Crippen molar-refractivity contribution >= 4 is 0 Å². The molecule has 1 heterocycles. The van der Waals surface area contributed by atoms with E-state index in [9.17, 15) is 13.2 Å². The molecule has 0 unspecified atom stereocenters. The summed E-state index contributed by atoms with van der Waals surface area (Å²) in [5, 5.41) is 0. The highest BCUT2D eigenvalue weighted by Crippen LogP contribution is 2.30. The third kappa shape index (κ3) is 4.61. The number of halogens is 3. The Morgan fingerprint density at radius 2 is 1.76 bits per heavy atom. The van der Waals surface area contributed by atoms with E-state index in [1.807, 2.05) is 6.92 Å². The fraction of sp³-hybridized carbons (Fsp3) is 0.600. The minimum Gasteiger partial charge on any atom is -0.473 e. The number of hydrogen-bond acceptors (Lipinski definition) is 3. The molecule has 0 amide bonds. The zero-order valence-corrected chi connectivity index (χ0v) is 12.0. The quantitative estimate of drug-likeness (QED) is 0.802. The van der Waals surface area contributed by atoms with Crippen LogP contribution in [-0.2, 0) is 10.9 Å². The summed E-state index contributed by atoms with van der Waals surface area (Å²) in [6.07, 6.45) is -2.35. The van der Waals surface area contributed by atoms with Crippen molar-refractivity contribution in [3.8, 4) is 5.75 Å². The Morgan fingerprint density at radius 1 is 1.14 bits per heavy atom. The van der Waals surface area contributed by atoms with Crippen LogP contribution < -0.4 is 4.74 Å². The maximum absolute atomic E-state index is 12.5. The number of likely N-dealkylation sites (tertiary alicyclic amines) is 1. The lowest BCUT2D eigenvalue weighted by Gasteiger charge is -2.28. The lowest BCUT2D eigenvalue weighted by Crippen LogP contribution is -2.41. The first-order valence-corrected chi connectivity index (χ1v) is 7.16. The van der Waals surface area contributed by atoms with Crippen molar-refractivity contribution < 1.29 is 22.6 Å². The van der Waals surface area contributed by atoms with Gasteiger partial charge in [-0.3, -0.25) is 4.90 Å². The zero-order chi connectivity index (χ0) is 15.3. The van der Waals surface area contributed by atoms with Crippen LogP contribution >= 0.6 is 0 Å². The molecule has 1 aliphatic heterocycles. The van der Waals surface area contributed by atoms with Gasteiger partial charge in [0.1, 0.15) is 5.75 Å². The Labute approximate surface area is 122 Å². The van der Waals surface area contributed by atoms with Crippen molar-refractivity contribution in [2.45, 2.75) is 32.2 Å². The zero-order valence-electron chi connectivity index (χ0n) is 12.0. The minimum atomic E-state index is -4.32. The topological polar surface area (TPSA) is 21.7 Å². The van der Waals surface area contributed by atoms with Gasteiger partial charge in [-0.25, -0.2) is 0 Å². The lowest BCUT2D eigenvalue weighted by atomic mass is 10.2. The third-order valence-electron chi connectivity index (χ3n) is 3.47. The normalized spacial score (nSPS) is 17.9. The molecule has 1 aliphatic rings. The molecule has 118 valence electrons. The van der Waals surface area contributed by atoms with E-state index in [2.05, 4.69) is 4.90 Å². The van der Waals surface area contributed by atoms with Gasteiger partial charge in [-0.05, 0) is 44.0 Å². The van der Waals surface area contributed by atoms with Gasteiger partial charge in [0.05, 0.1) is 12.2 Å². The summed E-state index contributed by atoms with van der Waals surface area (Å²) in [6, 6.07) is 4.80. The number of rotatable bonds is 6. The van der Waals surface area contributed by atoms with E-state index in [-0.39, 0.29) is 6.23 Å². The van der Waals surface area contributed by atoms with Gasteiger partial charge < -0.3 is 9.47 Å². The van der Waals surface area contributed by atoms with Gasteiger partial charge >= 0.3 is 6.18 Å². The molecular weight excluding hydrogens is 283 g/mol. The van der Waals surface area contributed by atoms with Crippen molar-refractivity contribution in [2.24, 2.45) is 0 Å². The Kier molecular flexibility index (Phi) is 5.47. The molecule has 0 aromatic heterocycles. The maximum Gasteiger partial charge on any atom is 0.416 e. The molecule has 1 aromatic carbocycles. The molecule has 0 spiro atoms. The third-order valence-corrected chi connectivity index (χ3v) is 3.47. The standard InChI is InChI=1S/C15H20F3NO2/c1-2-20-11-14(19-9-3-4-10-19)21-13-7-5-12(6-8-13)15(16,17)18/h5-8,14H,2-4,9-11H2,1H3/t14-/m1/s1. The van der Waals surface area contributed by atoms with Crippen LogP contribution in [0.2, 0.25) is 0 Å². The summed E-state index contributed by atoms with van der Waals surface area (Å²) in [7, 11) is 0. The highest BCUT2D eigenvalue weighted by molar-refractivity contribution is 5.29. The van der Waals surface area contributed by atoms with Gasteiger partial charge in [0.15, 0.2) is 6.23 Å². The lowest BCUT2D eigenvalue weighted by molar-refractivity contribution is -0.137. The monoisotopic (exact) mass is 303 g/mol. The molecule has 3 nitrogen and oxygen atoms in total. The van der Waals surface area contributed by atoms with Gasteiger partial charge in [-0.15, -0.1) is 0 Å². The van der Waals surface area contributed by atoms with Crippen LogP contribution in [0.3, 0.4) is 0 Å². The fourth-order valence-corrected chi connectivity index (χ4v) is 2.34. The summed E-state index contributed by atoms with van der Waals surface area (Å²) >= 11 is 0. The molecular formula is C15H20F3NO2. The highest BCUT2D eigenvalue weighted by atomic mass is 19.4. The molecule has 1 atom stereocenters. The van der Waals surface area contributed by atoms with E-state index in [0.29, 0.717) is 19.0 Å². The van der Waals surface area contributed by atoms with Crippen LogP contribution in [-0.4, -0.2) is 37.4 Å². The molecule has 6 heteroatoms. The smallest absolute Gasteiger partial charge is 0.416 e. The van der Waals surface area contributed by atoms with E-state index in [1.54, 1.807) is 0 Å². The molecule has 1 fully saturated rings. The molecule has 0 radical (unpaired) electrons. The Balaban J connectivity index is 2.01. The van der Waals surface area contributed by atoms with Crippen molar-refractivity contribution in [3.05, 3.63) is 29.8 Å². The van der Waals surface area contributed by atoms with Crippen molar-refractivity contribution in [2.75, 3.05) is 26.3 Å². The van der Waals surface area contributed by atoms with Crippen molar-refractivity contribution in [1.29, 1.82) is 0 Å². The van der Waals surface area contributed by atoms with E-state index < -0.39 is 11.7 Å². The number of nitrogens with zero attached hydrogens (tertiary/aromatic N) is 1. The Morgan fingerprint density at radius 3 is 2.29 bits per heavy atom. The number of ether oxygens (including phenoxy) is 2. The molecule has 0 saturated carbocycles. The molecule has 1 saturated heterocycles. The average molecular weight is 303 g/mol. The summed E-state index contributed by atoms with van der Waals surface area (Å²) in [5.41, 5.74) is -0.669. The SMILES string of the molecule is CCOC[C@@H](Oc1ccc(C(F)(F)F)cc1)N1CCCC1. The van der Waals surface area contributed by atoms with Crippen LogP contribution in [0.4, 0.5) is 13.2 Å². The molecule has 1 aromatic rings. The van der Waals surface area contributed by atoms with Crippen LogP contribution in [0.1, 0.15) is 25.3 Å². The van der Waals surface area contributed by atoms with Crippen LogP contribution in [0.5, 0.6) is 5.75 Å². The van der Waals surface area contributed by atoms with Gasteiger partial charge in [0.2, 0.25) is 0 Å². The molecule has 0 N–H and O–H groups in total. The second-order valence-corrected chi connectivity index (χ2v) is 5.00. The second-order valence-electron chi connectivity index (χ2n) is 5.00. The van der Waals surface area contributed by atoms with E-state index >= 15 is 0 Å². The van der Waals surface area contributed by atoms with E-state index in [4.69, 9.17) is 9.47 Å². The average Bonchev–Trinajstić information content (AvgIpc) is 2.97. The molecule has 2 rings (SSSR count). The summed E-state index contributed by atoms with van der Waals surface area (Å²) in [6.45, 7) is 4.76. The van der Waals surface area contributed by atoms with Crippen LogP contribution in [0.25, 0.3) is 0 Å². The number of hydrogen-bond donors (Lipinski definition) is 0. The van der Waals surface area contributed by atoms with Gasteiger partial charge in [-0.2, -0.15) is 13.2 Å². The first kappa shape index (κ1) is 16.1. The number of benzene rings is 1. The minimum absolute atomic E-state index is 0.246. The molecule has 0 aliphatic carbocycles. The van der Waals surface area contributed by atoms with Gasteiger partial charge in [0, 0.05) is 19.7 Å². The summed E-state index contributed by atoms with van der Waals surface area (Å²) in [5.74, 6) is 0.430. The second kappa shape index (κ2) is 7.13. The van der Waals surface area contributed by atoms with E-state index in [0.717, 1.165) is 38.1 Å². The van der Waals surface area contributed by atoms with E-state index in [1.165, 1.54) is 12.1 Å².